The number of nitrogens with zero attached hydrogens (tertiary/aromatic N) is 6. The van der Waals surface area contributed by atoms with Crippen molar-refractivity contribution in [1.29, 1.82) is 0 Å². The molecule has 1 saturated heterocycles. The van der Waals surface area contributed by atoms with Gasteiger partial charge in [-0.3, -0.25) is 9.59 Å². The van der Waals surface area contributed by atoms with E-state index in [0.29, 0.717) is 38.4 Å². The molecule has 0 aliphatic carbocycles. The molecule has 2 aliphatic heterocycles. The minimum absolute atomic E-state index is 0.0545. The molecule has 1 amide bonds. The normalized spacial score (nSPS) is 17.4. The summed E-state index contributed by atoms with van der Waals surface area (Å²) in [4.78, 5) is 37.8. The number of amides is 1. The first-order valence-corrected chi connectivity index (χ1v) is 12.7. The molecule has 0 unspecified atom stereocenters. The van der Waals surface area contributed by atoms with Crippen molar-refractivity contribution in [2.75, 3.05) is 49.2 Å². The number of hydrogen-bond donors (Lipinski definition) is 1. The van der Waals surface area contributed by atoms with Gasteiger partial charge in [0.25, 0.3) is 5.56 Å². The molecule has 1 N–H and O–H groups in total. The highest BCUT2D eigenvalue weighted by atomic mass is 35.5. The van der Waals surface area contributed by atoms with Crippen molar-refractivity contribution in [3.8, 4) is 0 Å². The van der Waals surface area contributed by atoms with Crippen LogP contribution in [0.2, 0.25) is 5.02 Å². The second-order valence-corrected chi connectivity index (χ2v) is 9.58. The molecule has 1 fully saturated rings. The number of carbonyl (C=O) groups excluding carboxylic acids is 1. The summed E-state index contributed by atoms with van der Waals surface area (Å²) in [5.41, 5.74) is 1.29. The number of carbonyl (C=O) groups is 1. The van der Waals surface area contributed by atoms with Gasteiger partial charge < -0.3 is 19.4 Å². The summed E-state index contributed by atoms with van der Waals surface area (Å²) in [7, 11) is 0. The van der Waals surface area contributed by atoms with Gasteiger partial charge in [-0.15, -0.1) is 0 Å². The molecular weight excluding hydrogens is 539 g/mol. The lowest BCUT2D eigenvalue weighted by atomic mass is 10.1. The third-order valence-corrected chi connectivity index (χ3v) is 7.20. The Morgan fingerprint density at radius 3 is 2.54 bits per heavy atom. The van der Waals surface area contributed by atoms with Gasteiger partial charge in [-0.05, 0) is 11.1 Å². The molecule has 206 valence electrons. The Morgan fingerprint density at radius 2 is 1.82 bits per heavy atom. The quantitative estimate of drug-likeness (QED) is 0.437. The zero-order valence-electron chi connectivity index (χ0n) is 20.7. The van der Waals surface area contributed by atoms with Crippen LogP contribution in [0.5, 0.6) is 0 Å². The third kappa shape index (κ3) is 5.83. The summed E-state index contributed by atoms with van der Waals surface area (Å²) >= 11 is 6.27. The number of rotatable bonds is 7. The number of ether oxygens (including phenoxy) is 1. The summed E-state index contributed by atoms with van der Waals surface area (Å²) in [6.07, 6.45) is -1.27. The third-order valence-electron chi connectivity index (χ3n) is 6.83. The van der Waals surface area contributed by atoms with Crippen molar-refractivity contribution in [2.45, 2.75) is 25.2 Å². The number of benzene rings is 1. The Bertz CT molecular complexity index is 1380. The largest absolute Gasteiger partial charge is 0.419 e. The van der Waals surface area contributed by atoms with Gasteiger partial charge in [0.1, 0.15) is 5.02 Å². The lowest BCUT2D eigenvalue weighted by Gasteiger charge is -2.34. The number of alkyl halides is 3. The Morgan fingerprint density at radius 1 is 1.10 bits per heavy atom. The molecule has 4 heterocycles. The second kappa shape index (κ2) is 11.2. The lowest BCUT2D eigenvalue weighted by molar-refractivity contribution is -0.138. The maximum atomic E-state index is 12.8. The molecule has 39 heavy (non-hydrogen) atoms. The molecule has 0 saturated carbocycles. The smallest absolute Gasteiger partial charge is 0.378 e. The zero-order chi connectivity index (χ0) is 27.6. The first-order valence-electron chi connectivity index (χ1n) is 12.3. The van der Waals surface area contributed by atoms with Gasteiger partial charge in [0.2, 0.25) is 11.9 Å². The van der Waals surface area contributed by atoms with E-state index >= 15 is 0 Å². The maximum Gasteiger partial charge on any atom is 0.419 e. The number of aromatic amines is 1. The molecule has 3 aromatic rings. The van der Waals surface area contributed by atoms with E-state index in [9.17, 15) is 22.8 Å². The molecule has 0 radical (unpaired) electrons. The number of anilines is 2. The molecule has 5 rings (SSSR count). The van der Waals surface area contributed by atoms with E-state index in [2.05, 4.69) is 20.2 Å². The van der Waals surface area contributed by atoms with Gasteiger partial charge in [-0.2, -0.15) is 18.3 Å². The molecule has 1 atom stereocenters. The summed E-state index contributed by atoms with van der Waals surface area (Å²) in [5.74, 6) is 0.129. The van der Waals surface area contributed by atoms with Gasteiger partial charge in [0.05, 0.1) is 43.1 Å². The summed E-state index contributed by atoms with van der Waals surface area (Å²) in [6.45, 7) is 2.66. The minimum Gasteiger partial charge on any atom is -0.378 e. The number of aromatic nitrogens is 4. The number of halogens is 4. The van der Waals surface area contributed by atoms with Crippen LogP contribution in [0.15, 0.2) is 47.7 Å². The lowest BCUT2D eigenvalue weighted by Crippen LogP contribution is -2.49. The van der Waals surface area contributed by atoms with Crippen molar-refractivity contribution in [1.82, 2.24) is 25.1 Å². The molecule has 0 bridgehead atoms. The van der Waals surface area contributed by atoms with E-state index in [1.54, 1.807) is 9.80 Å². The van der Waals surface area contributed by atoms with Gasteiger partial charge in [0.15, 0.2) is 0 Å². The van der Waals surface area contributed by atoms with Crippen molar-refractivity contribution >= 4 is 29.1 Å². The van der Waals surface area contributed by atoms with Crippen molar-refractivity contribution in [2.24, 2.45) is 0 Å². The maximum absolute atomic E-state index is 12.8. The van der Waals surface area contributed by atoms with E-state index in [1.807, 2.05) is 29.2 Å². The van der Waals surface area contributed by atoms with Crippen LogP contribution in [0.1, 0.15) is 29.2 Å². The van der Waals surface area contributed by atoms with Gasteiger partial charge in [0, 0.05) is 45.1 Å². The Labute approximate surface area is 226 Å². The predicted octanol–water partition coefficient (Wildman–Crippen LogP) is 3.05. The number of fused-ring (bicyclic) bond motifs is 1. The van der Waals surface area contributed by atoms with Crippen LogP contribution in [0.4, 0.5) is 24.8 Å². The highest BCUT2D eigenvalue weighted by Crippen LogP contribution is 2.39. The SMILES string of the molecule is O=C(CCOC[C@@H]1c2ccccc2CN1c1cn[nH]c(=O)c1Cl)N1CCN(c2ncc(C(F)(F)F)cn2)CC1. The van der Waals surface area contributed by atoms with Crippen molar-refractivity contribution in [3.05, 3.63) is 74.9 Å². The highest BCUT2D eigenvalue weighted by molar-refractivity contribution is 6.33. The summed E-state index contributed by atoms with van der Waals surface area (Å²) < 4.78 is 44.1. The highest BCUT2D eigenvalue weighted by Gasteiger charge is 2.33. The average Bonchev–Trinajstić information content (AvgIpc) is 3.30. The van der Waals surface area contributed by atoms with Crippen LogP contribution < -0.4 is 15.4 Å². The number of nitrogens with one attached hydrogen (secondary N) is 1. The number of H-pyrrole nitrogens is 1. The van der Waals surface area contributed by atoms with Crippen LogP contribution in [0.25, 0.3) is 0 Å². The molecule has 1 aromatic carbocycles. The fourth-order valence-electron chi connectivity index (χ4n) is 4.77. The fraction of sp³-hybridized carbons (Fsp3) is 0.400. The molecule has 0 spiro atoms. The molecule has 2 aliphatic rings. The summed E-state index contributed by atoms with van der Waals surface area (Å²) in [5, 5.41) is 6.27. The van der Waals surface area contributed by atoms with Crippen LogP contribution in [0, 0.1) is 0 Å². The topological polar surface area (TPSA) is 108 Å². The van der Waals surface area contributed by atoms with E-state index < -0.39 is 17.3 Å². The van der Waals surface area contributed by atoms with E-state index in [4.69, 9.17) is 16.3 Å². The van der Waals surface area contributed by atoms with Crippen LogP contribution in [-0.4, -0.2) is 70.4 Å². The molecule has 14 heteroatoms. The minimum atomic E-state index is -4.49. The number of piperazine rings is 1. The van der Waals surface area contributed by atoms with Gasteiger partial charge in [-0.25, -0.2) is 15.1 Å². The first kappa shape index (κ1) is 26.9. The average molecular weight is 564 g/mol. The fourth-order valence-corrected chi connectivity index (χ4v) is 4.97. The Hall–Kier alpha value is -3.71. The molecule has 2 aromatic heterocycles. The van der Waals surface area contributed by atoms with Crippen molar-refractivity contribution < 1.29 is 22.7 Å². The first-order chi connectivity index (χ1) is 18.7. The van der Waals surface area contributed by atoms with Gasteiger partial charge in [-0.1, -0.05) is 35.9 Å². The Balaban J connectivity index is 1.13. The van der Waals surface area contributed by atoms with Crippen LogP contribution in [0.3, 0.4) is 0 Å². The molecule has 10 nitrogen and oxygen atoms in total. The van der Waals surface area contributed by atoms with Gasteiger partial charge >= 0.3 is 6.18 Å². The zero-order valence-corrected chi connectivity index (χ0v) is 21.5. The standard InChI is InChI=1S/C25H25ClF3N7O3/c26-22-19(13-32-33-23(22)38)36-14-16-3-1-2-4-18(16)20(36)15-39-10-5-21(37)34-6-8-35(9-7-34)24-30-11-17(12-31-24)25(27,28)29/h1-4,11-13,20H,5-10,14-15H2,(H,33,38)/t20-/m1/s1. The van der Waals surface area contributed by atoms with E-state index in [1.165, 1.54) is 6.20 Å². The monoisotopic (exact) mass is 563 g/mol. The molecular formula is C25H25ClF3N7O3. The van der Waals surface area contributed by atoms with Crippen LogP contribution in [-0.2, 0) is 22.3 Å². The van der Waals surface area contributed by atoms with E-state index in [0.717, 1.165) is 23.5 Å². The van der Waals surface area contributed by atoms with Crippen LogP contribution >= 0.6 is 11.6 Å². The second-order valence-electron chi connectivity index (χ2n) is 9.20. The Kier molecular flexibility index (Phi) is 7.71. The number of hydrogen-bond acceptors (Lipinski definition) is 8. The van der Waals surface area contributed by atoms with E-state index in [-0.39, 0.29) is 42.6 Å². The summed E-state index contributed by atoms with van der Waals surface area (Å²) in [6, 6.07) is 7.69. The van der Waals surface area contributed by atoms with Crippen molar-refractivity contribution in [3.63, 3.8) is 0 Å². The predicted molar refractivity (Wildman–Crippen MR) is 136 cm³/mol.